The van der Waals surface area contributed by atoms with E-state index in [2.05, 4.69) is 19.1 Å². The van der Waals surface area contributed by atoms with Crippen molar-refractivity contribution in [2.75, 3.05) is 0 Å². The monoisotopic (exact) mass is 370 g/mol. The highest BCUT2D eigenvalue weighted by atomic mass is 35.5. The fraction of sp³-hybridized carbons (Fsp3) is 0.870. The van der Waals surface area contributed by atoms with Gasteiger partial charge in [0, 0.05) is 6.42 Å². The Morgan fingerprint density at radius 1 is 0.600 bits per heavy atom. The Balaban J connectivity index is 3.07. The molecule has 0 spiro atoms. The minimum Gasteiger partial charge on any atom is -0.281 e. The molecule has 0 aromatic carbocycles. The number of unbranched alkanes of at least 4 members (excludes halogenated alkanes) is 16. The van der Waals surface area contributed by atoms with Crippen LogP contribution in [0.5, 0.6) is 0 Å². The van der Waals surface area contributed by atoms with Crippen LogP contribution in [0.25, 0.3) is 0 Å². The molecule has 0 aromatic heterocycles. The van der Waals surface area contributed by atoms with Crippen LogP contribution in [0.15, 0.2) is 12.2 Å². The van der Waals surface area contributed by atoms with E-state index in [1.165, 1.54) is 103 Å². The molecule has 2 heteroatoms. The molecule has 0 fully saturated rings. The largest absolute Gasteiger partial charge is 0.281 e. The Labute approximate surface area is 163 Å². The molecular formula is C23H43ClO. The van der Waals surface area contributed by atoms with Crippen molar-refractivity contribution in [2.24, 2.45) is 0 Å². The van der Waals surface area contributed by atoms with Crippen LogP contribution < -0.4 is 0 Å². The van der Waals surface area contributed by atoms with Crippen molar-refractivity contribution in [1.82, 2.24) is 0 Å². The van der Waals surface area contributed by atoms with E-state index in [4.69, 9.17) is 11.6 Å². The highest BCUT2D eigenvalue weighted by molar-refractivity contribution is 6.63. The van der Waals surface area contributed by atoms with Crippen LogP contribution in [0, 0.1) is 0 Å². The highest BCUT2D eigenvalue weighted by Crippen LogP contribution is 2.13. The lowest BCUT2D eigenvalue weighted by atomic mass is 10.0. The number of hydrogen-bond donors (Lipinski definition) is 0. The highest BCUT2D eigenvalue weighted by Gasteiger charge is 1.95. The summed E-state index contributed by atoms with van der Waals surface area (Å²) in [4.78, 5) is 10.6. The molecule has 0 atom stereocenters. The Morgan fingerprint density at radius 2 is 0.960 bits per heavy atom. The van der Waals surface area contributed by atoms with Crippen molar-refractivity contribution >= 4 is 16.8 Å². The number of rotatable bonds is 20. The van der Waals surface area contributed by atoms with Crippen molar-refractivity contribution in [3.05, 3.63) is 12.2 Å². The summed E-state index contributed by atoms with van der Waals surface area (Å²) in [6.07, 6.45) is 29.3. The van der Waals surface area contributed by atoms with Crippen LogP contribution >= 0.6 is 11.6 Å². The van der Waals surface area contributed by atoms with Gasteiger partial charge in [0.25, 0.3) is 0 Å². The Hall–Kier alpha value is -0.300. The summed E-state index contributed by atoms with van der Waals surface area (Å²) < 4.78 is 0. The minimum absolute atomic E-state index is 0.192. The lowest BCUT2D eigenvalue weighted by Crippen LogP contribution is -1.85. The van der Waals surface area contributed by atoms with E-state index in [0.29, 0.717) is 6.42 Å². The second-order valence-electron chi connectivity index (χ2n) is 7.46. The maximum Gasteiger partial charge on any atom is 0.221 e. The molecule has 0 rings (SSSR count). The van der Waals surface area contributed by atoms with E-state index in [1.807, 2.05) is 0 Å². The molecule has 0 saturated carbocycles. The van der Waals surface area contributed by atoms with Crippen LogP contribution in [-0.4, -0.2) is 5.24 Å². The van der Waals surface area contributed by atoms with Gasteiger partial charge in [-0.3, -0.25) is 4.79 Å². The van der Waals surface area contributed by atoms with Gasteiger partial charge in [0.05, 0.1) is 0 Å². The molecule has 0 amide bonds. The molecular weight excluding hydrogens is 328 g/mol. The van der Waals surface area contributed by atoms with Crippen molar-refractivity contribution in [2.45, 2.75) is 129 Å². The van der Waals surface area contributed by atoms with Crippen LogP contribution in [0.1, 0.15) is 129 Å². The van der Waals surface area contributed by atoms with E-state index in [0.717, 1.165) is 12.8 Å². The van der Waals surface area contributed by atoms with Crippen LogP contribution in [0.4, 0.5) is 0 Å². The third-order valence-corrected chi connectivity index (χ3v) is 5.07. The second-order valence-corrected chi connectivity index (χ2v) is 7.88. The van der Waals surface area contributed by atoms with Gasteiger partial charge < -0.3 is 0 Å². The van der Waals surface area contributed by atoms with Gasteiger partial charge in [-0.15, -0.1) is 0 Å². The average molecular weight is 371 g/mol. The number of carbonyl (C=O) groups excluding carboxylic acids is 1. The first-order chi connectivity index (χ1) is 12.3. The standard InChI is InChI=1S/C23H43ClO/c1-2-3-4-5-6-7-8-9-10-11-12-13-14-15-16-17-18-19-20-21-22-23(24)25/h15-16H,2-14,17-22H2,1H3/b16-15+. The predicted octanol–water partition coefficient (Wildman–Crippen LogP) is 8.74. The fourth-order valence-corrected chi connectivity index (χ4v) is 3.35. The fourth-order valence-electron chi connectivity index (χ4n) is 3.22. The zero-order valence-corrected chi connectivity index (χ0v) is 17.6. The third-order valence-electron chi connectivity index (χ3n) is 4.89. The second kappa shape index (κ2) is 21.7. The normalized spacial score (nSPS) is 11.4. The molecule has 0 unspecified atom stereocenters. The van der Waals surface area contributed by atoms with Crippen molar-refractivity contribution in [3.63, 3.8) is 0 Å². The molecule has 0 N–H and O–H groups in total. The van der Waals surface area contributed by atoms with Gasteiger partial charge in [0.1, 0.15) is 0 Å². The maximum atomic E-state index is 10.6. The third kappa shape index (κ3) is 23.7. The minimum atomic E-state index is -0.192. The number of hydrogen-bond acceptors (Lipinski definition) is 1. The van der Waals surface area contributed by atoms with Gasteiger partial charge in [-0.1, -0.05) is 103 Å². The average Bonchev–Trinajstić information content (AvgIpc) is 2.60. The van der Waals surface area contributed by atoms with Crippen LogP contribution in [-0.2, 0) is 4.79 Å². The predicted molar refractivity (Wildman–Crippen MR) is 113 cm³/mol. The first-order valence-electron chi connectivity index (χ1n) is 11.1. The first-order valence-corrected chi connectivity index (χ1v) is 11.5. The Morgan fingerprint density at radius 3 is 1.36 bits per heavy atom. The van der Waals surface area contributed by atoms with Gasteiger partial charge in [-0.05, 0) is 43.7 Å². The van der Waals surface area contributed by atoms with E-state index < -0.39 is 0 Å². The molecule has 0 saturated heterocycles. The van der Waals surface area contributed by atoms with E-state index >= 15 is 0 Å². The molecule has 0 aliphatic carbocycles. The van der Waals surface area contributed by atoms with Gasteiger partial charge in [0.15, 0.2) is 0 Å². The van der Waals surface area contributed by atoms with Crippen LogP contribution in [0.2, 0.25) is 0 Å². The summed E-state index contributed by atoms with van der Waals surface area (Å²) in [7, 11) is 0. The van der Waals surface area contributed by atoms with Crippen molar-refractivity contribution in [3.8, 4) is 0 Å². The van der Waals surface area contributed by atoms with Crippen LogP contribution in [0.3, 0.4) is 0 Å². The summed E-state index contributed by atoms with van der Waals surface area (Å²) in [5, 5.41) is -0.192. The SMILES string of the molecule is CCCCCCCCCCCCCC/C=C/CCCCCCC(=O)Cl. The van der Waals surface area contributed by atoms with Crippen molar-refractivity contribution < 1.29 is 4.79 Å². The lowest BCUT2D eigenvalue weighted by molar-refractivity contribution is -0.111. The summed E-state index contributed by atoms with van der Waals surface area (Å²) in [6.45, 7) is 2.28. The molecule has 0 heterocycles. The summed E-state index contributed by atoms with van der Waals surface area (Å²) in [5.74, 6) is 0. The summed E-state index contributed by atoms with van der Waals surface area (Å²) >= 11 is 5.31. The molecule has 0 bridgehead atoms. The van der Waals surface area contributed by atoms with E-state index in [9.17, 15) is 4.79 Å². The number of allylic oxidation sites excluding steroid dienone is 2. The maximum absolute atomic E-state index is 10.6. The number of halogens is 1. The van der Waals surface area contributed by atoms with Crippen molar-refractivity contribution in [1.29, 1.82) is 0 Å². The molecule has 0 aromatic rings. The lowest BCUT2D eigenvalue weighted by Gasteiger charge is -2.02. The summed E-state index contributed by atoms with van der Waals surface area (Å²) in [5.41, 5.74) is 0. The van der Waals surface area contributed by atoms with Gasteiger partial charge in [0.2, 0.25) is 5.24 Å². The van der Waals surface area contributed by atoms with E-state index in [1.54, 1.807) is 0 Å². The zero-order chi connectivity index (χ0) is 18.4. The van der Waals surface area contributed by atoms with Gasteiger partial charge >= 0.3 is 0 Å². The molecule has 25 heavy (non-hydrogen) atoms. The molecule has 1 nitrogen and oxygen atoms in total. The Kier molecular flexibility index (Phi) is 21.5. The van der Waals surface area contributed by atoms with Gasteiger partial charge in [-0.25, -0.2) is 0 Å². The topological polar surface area (TPSA) is 17.1 Å². The first kappa shape index (κ1) is 24.7. The quantitative estimate of drug-likeness (QED) is 0.119. The molecule has 0 radical (unpaired) electrons. The Bertz CT molecular complexity index is 298. The van der Waals surface area contributed by atoms with Gasteiger partial charge in [-0.2, -0.15) is 0 Å². The zero-order valence-electron chi connectivity index (χ0n) is 16.9. The smallest absolute Gasteiger partial charge is 0.221 e. The molecule has 0 aliphatic rings. The number of carbonyl (C=O) groups is 1. The van der Waals surface area contributed by atoms with E-state index in [-0.39, 0.29) is 5.24 Å². The molecule has 0 aliphatic heterocycles. The summed E-state index contributed by atoms with van der Waals surface area (Å²) in [6, 6.07) is 0. The molecule has 148 valence electrons.